The quantitative estimate of drug-likeness (QED) is 0.839. The van der Waals surface area contributed by atoms with Crippen molar-refractivity contribution in [1.29, 1.82) is 0 Å². The molecule has 0 saturated carbocycles. The number of nitrogens with zero attached hydrogens (tertiary/aromatic N) is 1. The van der Waals surface area contributed by atoms with Crippen LogP contribution >= 0.6 is 0 Å². The first-order chi connectivity index (χ1) is 10.5. The zero-order chi connectivity index (χ0) is 16.0. The number of hydrogen-bond acceptors (Lipinski definition) is 3. The highest BCUT2D eigenvalue weighted by molar-refractivity contribution is 5.79. The van der Waals surface area contributed by atoms with Gasteiger partial charge in [-0.25, -0.2) is 8.78 Å². The average molecular weight is 311 g/mol. The van der Waals surface area contributed by atoms with E-state index < -0.39 is 19.0 Å². The number of piperidine rings is 1. The summed E-state index contributed by atoms with van der Waals surface area (Å²) in [6.07, 6.45) is 1.64. The van der Waals surface area contributed by atoms with E-state index >= 15 is 0 Å². The summed E-state index contributed by atoms with van der Waals surface area (Å²) in [4.78, 5) is 14.2. The highest BCUT2D eigenvalue weighted by Gasteiger charge is 2.30. The predicted octanol–water partition coefficient (Wildman–Crippen LogP) is 1.61. The molecule has 1 atom stereocenters. The standard InChI is InChI=1S/C16H23F2N3O/c17-16(18,11-19)12-20-15(22)14-7-4-8-21(10-14)9-13-5-2-1-3-6-13/h1-3,5-6,14H,4,7-12,19H2,(H,20,22). The van der Waals surface area contributed by atoms with Gasteiger partial charge in [0.1, 0.15) is 0 Å². The van der Waals surface area contributed by atoms with Crippen LogP contribution < -0.4 is 11.1 Å². The van der Waals surface area contributed by atoms with Gasteiger partial charge in [0.25, 0.3) is 5.92 Å². The molecule has 1 aliphatic rings. The van der Waals surface area contributed by atoms with Gasteiger partial charge in [-0.15, -0.1) is 0 Å². The second kappa shape index (κ2) is 7.65. The molecule has 1 amide bonds. The Morgan fingerprint density at radius 1 is 1.36 bits per heavy atom. The van der Waals surface area contributed by atoms with Crippen molar-refractivity contribution in [3.63, 3.8) is 0 Å². The van der Waals surface area contributed by atoms with E-state index in [9.17, 15) is 13.6 Å². The molecule has 22 heavy (non-hydrogen) atoms. The molecule has 4 nitrogen and oxygen atoms in total. The van der Waals surface area contributed by atoms with E-state index in [4.69, 9.17) is 5.73 Å². The first-order valence-electron chi connectivity index (χ1n) is 7.62. The molecule has 1 unspecified atom stereocenters. The van der Waals surface area contributed by atoms with Crippen molar-refractivity contribution < 1.29 is 13.6 Å². The van der Waals surface area contributed by atoms with Crippen molar-refractivity contribution in [2.75, 3.05) is 26.2 Å². The Morgan fingerprint density at radius 2 is 2.09 bits per heavy atom. The zero-order valence-electron chi connectivity index (χ0n) is 12.6. The van der Waals surface area contributed by atoms with Gasteiger partial charge in [-0.3, -0.25) is 9.69 Å². The van der Waals surface area contributed by atoms with E-state index in [-0.39, 0.29) is 11.8 Å². The van der Waals surface area contributed by atoms with E-state index in [0.717, 1.165) is 25.9 Å². The van der Waals surface area contributed by atoms with Gasteiger partial charge in [0.05, 0.1) is 19.0 Å². The number of carbonyl (C=O) groups is 1. The Morgan fingerprint density at radius 3 is 2.77 bits per heavy atom. The molecule has 1 aromatic rings. The molecule has 0 radical (unpaired) electrons. The van der Waals surface area contributed by atoms with Gasteiger partial charge in [-0.2, -0.15) is 0 Å². The van der Waals surface area contributed by atoms with Gasteiger partial charge in [0, 0.05) is 13.1 Å². The van der Waals surface area contributed by atoms with Crippen LogP contribution in [-0.4, -0.2) is 42.9 Å². The monoisotopic (exact) mass is 311 g/mol. The number of nitrogens with two attached hydrogens (primary N) is 1. The first kappa shape index (κ1) is 16.8. The summed E-state index contributed by atoms with van der Waals surface area (Å²) in [6.45, 7) is 0.881. The van der Waals surface area contributed by atoms with Crippen molar-refractivity contribution in [3.8, 4) is 0 Å². The number of rotatable bonds is 6. The second-order valence-electron chi connectivity index (χ2n) is 5.84. The van der Waals surface area contributed by atoms with Gasteiger partial charge in [0.2, 0.25) is 5.91 Å². The molecule has 0 spiro atoms. The number of alkyl halides is 2. The SMILES string of the molecule is NCC(F)(F)CNC(=O)C1CCCN(Cc2ccccc2)C1. The maximum Gasteiger partial charge on any atom is 0.277 e. The summed E-state index contributed by atoms with van der Waals surface area (Å²) in [5, 5.41) is 2.33. The summed E-state index contributed by atoms with van der Waals surface area (Å²) in [5.74, 6) is -3.56. The number of likely N-dealkylation sites (tertiary alicyclic amines) is 1. The highest BCUT2D eigenvalue weighted by Crippen LogP contribution is 2.19. The normalized spacial score (nSPS) is 19.9. The minimum Gasteiger partial charge on any atom is -0.350 e. The number of carbonyl (C=O) groups excluding carboxylic acids is 1. The van der Waals surface area contributed by atoms with Gasteiger partial charge < -0.3 is 11.1 Å². The molecule has 0 aliphatic carbocycles. The van der Waals surface area contributed by atoms with Crippen LogP contribution in [0.1, 0.15) is 18.4 Å². The van der Waals surface area contributed by atoms with E-state index in [0.29, 0.717) is 6.54 Å². The van der Waals surface area contributed by atoms with Gasteiger partial charge in [-0.05, 0) is 24.9 Å². The molecule has 0 bridgehead atoms. The Labute approximate surface area is 129 Å². The summed E-state index contributed by atoms with van der Waals surface area (Å²) < 4.78 is 26.2. The fourth-order valence-electron chi connectivity index (χ4n) is 2.69. The molecule has 1 fully saturated rings. The lowest BCUT2D eigenvalue weighted by Gasteiger charge is -2.32. The van der Waals surface area contributed by atoms with Gasteiger partial charge in [0.15, 0.2) is 0 Å². The molecular formula is C16H23F2N3O. The maximum atomic E-state index is 13.1. The van der Waals surface area contributed by atoms with Gasteiger partial charge in [-0.1, -0.05) is 30.3 Å². The summed E-state index contributed by atoms with van der Waals surface area (Å²) >= 11 is 0. The number of hydrogen-bond donors (Lipinski definition) is 2. The number of amides is 1. The maximum absolute atomic E-state index is 13.1. The Balaban J connectivity index is 1.83. The Hall–Kier alpha value is -1.53. The van der Waals surface area contributed by atoms with Crippen LogP contribution in [0, 0.1) is 5.92 Å². The van der Waals surface area contributed by atoms with Gasteiger partial charge >= 0.3 is 0 Å². The highest BCUT2D eigenvalue weighted by atomic mass is 19.3. The minimum atomic E-state index is -3.03. The van der Waals surface area contributed by atoms with E-state index in [1.165, 1.54) is 5.56 Å². The largest absolute Gasteiger partial charge is 0.350 e. The van der Waals surface area contributed by atoms with Crippen molar-refractivity contribution in [2.45, 2.75) is 25.3 Å². The van der Waals surface area contributed by atoms with Crippen LogP contribution in [0.15, 0.2) is 30.3 Å². The minimum absolute atomic E-state index is 0.231. The number of halogens is 2. The fraction of sp³-hybridized carbons (Fsp3) is 0.562. The average Bonchev–Trinajstić information content (AvgIpc) is 2.54. The predicted molar refractivity (Wildman–Crippen MR) is 81.5 cm³/mol. The van der Waals surface area contributed by atoms with Crippen molar-refractivity contribution in [2.24, 2.45) is 11.7 Å². The van der Waals surface area contributed by atoms with Crippen molar-refractivity contribution in [3.05, 3.63) is 35.9 Å². The molecular weight excluding hydrogens is 288 g/mol. The molecule has 1 saturated heterocycles. The molecule has 6 heteroatoms. The molecule has 1 aliphatic heterocycles. The first-order valence-corrected chi connectivity index (χ1v) is 7.62. The summed E-state index contributed by atoms with van der Waals surface area (Å²) in [7, 11) is 0. The molecule has 0 aromatic heterocycles. The van der Waals surface area contributed by atoms with Crippen molar-refractivity contribution in [1.82, 2.24) is 10.2 Å². The third kappa shape index (κ3) is 5.03. The third-order valence-corrected chi connectivity index (χ3v) is 3.95. The summed E-state index contributed by atoms with van der Waals surface area (Å²) in [5.41, 5.74) is 6.16. The van der Waals surface area contributed by atoms with Crippen LogP contribution in [0.3, 0.4) is 0 Å². The van der Waals surface area contributed by atoms with E-state index in [1.807, 2.05) is 30.3 Å². The fourth-order valence-corrected chi connectivity index (χ4v) is 2.69. The molecule has 3 N–H and O–H groups in total. The molecule has 2 rings (SSSR count). The lowest BCUT2D eigenvalue weighted by atomic mass is 9.96. The molecule has 122 valence electrons. The topological polar surface area (TPSA) is 58.4 Å². The summed E-state index contributed by atoms with van der Waals surface area (Å²) in [6, 6.07) is 10.0. The zero-order valence-corrected chi connectivity index (χ0v) is 12.6. The lowest BCUT2D eigenvalue weighted by molar-refractivity contribution is -0.128. The molecule has 1 aromatic carbocycles. The molecule has 1 heterocycles. The lowest BCUT2D eigenvalue weighted by Crippen LogP contribution is -2.47. The van der Waals surface area contributed by atoms with Crippen molar-refractivity contribution >= 4 is 5.91 Å². The van der Waals surface area contributed by atoms with E-state index in [2.05, 4.69) is 10.2 Å². The van der Waals surface area contributed by atoms with E-state index in [1.54, 1.807) is 0 Å². The Kier molecular flexibility index (Phi) is 5.85. The van der Waals surface area contributed by atoms with Crippen LogP contribution in [-0.2, 0) is 11.3 Å². The number of nitrogens with one attached hydrogen (secondary N) is 1. The van der Waals surface area contributed by atoms with Crippen LogP contribution in [0.25, 0.3) is 0 Å². The van der Waals surface area contributed by atoms with Crippen LogP contribution in [0.2, 0.25) is 0 Å². The Bertz CT molecular complexity index is 482. The third-order valence-electron chi connectivity index (χ3n) is 3.95. The number of benzene rings is 1. The van der Waals surface area contributed by atoms with Crippen LogP contribution in [0.5, 0.6) is 0 Å². The second-order valence-corrected chi connectivity index (χ2v) is 5.84. The smallest absolute Gasteiger partial charge is 0.277 e. The van der Waals surface area contributed by atoms with Crippen LogP contribution in [0.4, 0.5) is 8.78 Å².